The molecule has 0 spiro atoms. The zero-order chi connectivity index (χ0) is 21.0. The Hall–Kier alpha value is -1.42. The zero-order valence-electron chi connectivity index (χ0n) is 18.3. The number of hydrogen-bond donors (Lipinski definition) is 1. The summed E-state index contributed by atoms with van der Waals surface area (Å²) in [5.74, 6) is 0.829. The molecule has 1 atom stereocenters. The third-order valence-corrected chi connectivity index (χ3v) is 6.91. The van der Waals surface area contributed by atoms with Gasteiger partial charge in [0.2, 0.25) is 0 Å². The first-order valence-electron chi connectivity index (χ1n) is 11.2. The van der Waals surface area contributed by atoms with Crippen molar-refractivity contribution in [1.82, 2.24) is 15.1 Å². The Morgan fingerprint density at radius 1 is 1.13 bits per heavy atom. The van der Waals surface area contributed by atoms with Crippen molar-refractivity contribution in [1.29, 1.82) is 0 Å². The van der Waals surface area contributed by atoms with E-state index in [4.69, 9.17) is 4.74 Å². The lowest BCUT2D eigenvalue weighted by Crippen LogP contribution is -2.56. The van der Waals surface area contributed by atoms with Crippen LogP contribution in [-0.2, 0) is 14.9 Å². The zero-order valence-corrected chi connectivity index (χ0v) is 20.6. The van der Waals surface area contributed by atoms with Crippen LogP contribution in [-0.4, -0.2) is 74.1 Å². The van der Waals surface area contributed by atoms with Crippen molar-refractivity contribution in [2.45, 2.75) is 50.0 Å². The summed E-state index contributed by atoms with van der Waals surface area (Å²) in [6.07, 6.45) is 6.17. The van der Waals surface area contributed by atoms with Gasteiger partial charge in [-0.3, -0.25) is 9.79 Å². The van der Waals surface area contributed by atoms with E-state index >= 15 is 0 Å². The van der Waals surface area contributed by atoms with Crippen LogP contribution in [0.3, 0.4) is 0 Å². The van der Waals surface area contributed by atoms with Crippen LogP contribution in [0.15, 0.2) is 29.3 Å². The minimum absolute atomic E-state index is 0. The maximum absolute atomic E-state index is 13.4. The average molecular weight is 544 g/mol. The summed E-state index contributed by atoms with van der Waals surface area (Å²) in [6, 6.07) is 6.99. The van der Waals surface area contributed by atoms with Crippen molar-refractivity contribution in [3.05, 3.63) is 35.6 Å². The standard InChI is InChI=1S/C23H33FN4O2.HI/c1-25-22(28-14-12-27(13-15-28)21(29)20-5-4-16-30-20)26-17-23(10-2-3-11-23)18-6-8-19(24)9-7-18;/h6-9,20H,2-5,10-17H2,1H3,(H,25,26);1H. The summed E-state index contributed by atoms with van der Waals surface area (Å²) in [6.45, 7) is 4.41. The van der Waals surface area contributed by atoms with Crippen LogP contribution in [0.5, 0.6) is 0 Å². The van der Waals surface area contributed by atoms with E-state index < -0.39 is 0 Å². The van der Waals surface area contributed by atoms with Gasteiger partial charge < -0.3 is 19.9 Å². The molecule has 172 valence electrons. The largest absolute Gasteiger partial charge is 0.368 e. The minimum Gasteiger partial charge on any atom is -0.368 e. The fraction of sp³-hybridized carbons (Fsp3) is 0.652. The van der Waals surface area contributed by atoms with E-state index in [-0.39, 0.29) is 47.2 Å². The molecule has 1 aliphatic carbocycles. The molecule has 2 heterocycles. The molecule has 0 aromatic heterocycles. The number of benzene rings is 1. The molecule has 3 fully saturated rings. The SMILES string of the molecule is CN=C(NCC1(c2ccc(F)cc2)CCCC1)N1CCN(C(=O)C2CCCO2)CC1.I. The highest BCUT2D eigenvalue weighted by Gasteiger charge is 2.36. The molecule has 0 bridgehead atoms. The molecule has 31 heavy (non-hydrogen) atoms. The van der Waals surface area contributed by atoms with Crippen LogP contribution in [0.2, 0.25) is 0 Å². The molecule has 6 nitrogen and oxygen atoms in total. The van der Waals surface area contributed by atoms with E-state index in [0.29, 0.717) is 19.7 Å². The lowest BCUT2D eigenvalue weighted by molar-refractivity contribution is -0.142. The number of halogens is 2. The molecule has 1 unspecified atom stereocenters. The smallest absolute Gasteiger partial charge is 0.251 e. The predicted molar refractivity (Wildman–Crippen MR) is 130 cm³/mol. The number of ether oxygens (including phenoxy) is 1. The first-order valence-corrected chi connectivity index (χ1v) is 11.2. The Labute approximate surface area is 201 Å². The normalized spacial score (nSPS) is 23.5. The lowest BCUT2D eigenvalue weighted by Gasteiger charge is -2.38. The molecule has 0 radical (unpaired) electrons. The summed E-state index contributed by atoms with van der Waals surface area (Å²) in [5.41, 5.74) is 1.23. The topological polar surface area (TPSA) is 57.2 Å². The molecule has 1 saturated carbocycles. The Bertz CT molecular complexity index is 753. The van der Waals surface area contributed by atoms with E-state index in [1.807, 2.05) is 24.1 Å². The van der Waals surface area contributed by atoms with Crippen LogP contribution in [0.1, 0.15) is 44.1 Å². The second kappa shape index (κ2) is 10.9. The van der Waals surface area contributed by atoms with Gasteiger partial charge in [-0.1, -0.05) is 25.0 Å². The summed E-state index contributed by atoms with van der Waals surface area (Å²) >= 11 is 0. The molecule has 1 aromatic carbocycles. The first-order chi connectivity index (χ1) is 14.6. The van der Waals surface area contributed by atoms with E-state index in [0.717, 1.165) is 51.3 Å². The number of nitrogens with one attached hydrogen (secondary N) is 1. The third-order valence-electron chi connectivity index (χ3n) is 6.91. The van der Waals surface area contributed by atoms with Gasteiger partial charge >= 0.3 is 0 Å². The van der Waals surface area contributed by atoms with Gasteiger partial charge in [0.1, 0.15) is 11.9 Å². The molecule has 1 amide bonds. The minimum atomic E-state index is -0.244. The van der Waals surface area contributed by atoms with Gasteiger partial charge in [-0.25, -0.2) is 4.39 Å². The van der Waals surface area contributed by atoms with Crippen LogP contribution < -0.4 is 5.32 Å². The monoisotopic (exact) mass is 544 g/mol. The number of rotatable bonds is 4. The van der Waals surface area contributed by atoms with Gasteiger partial charge in [0, 0.05) is 51.8 Å². The Morgan fingerprint density at radius 2 is 1.77 bits per heavy atom. The lowest BCUT2D eigenvalue weighted by atomic mass is 9.79. The molecular formula is C23H34FIN4O2. The van der Waals surface area contributed by atoms with Crippen molar-refractivity contribution in [2.24, 2.45) is 4.99 Å². The number of nitrogens with zero attached hydrogens (tertiary/aromatic N) is 3. The average Bonchev–Trinajstić information content (AvgIpc) is 3.48. The Balaban J connectivity index is 0.00000272. The van der Waals surface area contributed by atoms with Gasteiger partial charge in [0.05, 0.1) is 0 Å². The molecule has 4 rings (SSSR count). The van der Waals surface area contributed by atoms with Gasteiger partial charge in [0.15, 0.2) is 5.96 Å². The maximum atomic E-state index is 13.4. The summed E-state index contributed by atoms with van der Waals surface area (Å²) in [4.78, 5) is 21.2. The first kappa shape index (κ1) is 24.2. The van der Waals surface area contributed by atoms with Crippen molar-refractivity contribution >= 4 is 35.8 Å². The van der Waals surface area contributed by atoms with E-state index in [2.05, 4.69) is 15.2 Å². The molecule has 1 aromatic rings. The number of carbonyl (C=O) groups excluding carboxylic acids is 1. The second-order valence-corrected chi connectivity index (χ2v) is 8.71. The number of amides is 1. The molecule has 1 N–H and O–H groups in total. The quantitative estimate of drug-likeness (QED) is 0.360. The fourth-order valence-corrected chi connectivity index (χ4v) is 5.12. The van der Waals surface area contributed by atoms with Crippen molar-refractivity contribution in [2.75, 3.05) is 46.4 Å². The van der Waals surface area contributed by atoms with E-state index in [9.17, 15) is 9.18 Å². The van der Waals surface area contributed by atoms with E-state index in [1.165, 1.54) is 18.4 Å². The fourth-order valence-electron chi connectivity index (χ4n) is 5.12. The van der Waals surface area contributed by atoms with Crippen LogP contribution in [0, 0.1) is 5.82 Å². The van der Waals surface area contributed by atoms with Gasteiger partial charge in [-0.05, 0) is 43.4 Å². The molecule has 3 aliphatic rings. The second-order valence-electron chi connectivity index (χ2n) is 8.71. The number of guanidine groups is 1. The summed E-state index contributed by atoms with van der Waals surface area (Å²) < 4.78 is 19.0. The van der Waals surface area contributed by atoms with Crippen LogP contribution in [0.25, 0.3) is 0 Å². The molecule has 2 saturated heterocycles. The Morgan fingerprint density at radius 3 is 2.35 bits per heavy atom. The van der Waals surface area contributed by atoms with Crippen LogP contribution >= 0.6 is 24.0 Å². The van der Waals surface area contributed by atoms with Crippen molar-refractivity contribution in [3.63, 3.8) is 0 Å². The molecule has 2 aliphatic heterocycles. The van der Waals surface area contributed by atoms with Gasteiger partial charge in [0.25, 0.3) is 5.91 Å². The number of hydrogen-bond acceptors (Lipinski definition) is 3. The number of aliphatic imine (C=N–C) groups is 1. The molecule has 8 heteroatoms. The summed E-state index contributed by atoms with van der Waals surface area (Å²) in [7, 11) is 1.81. The Kier molecular flexibility index (Phi) is 8.55. The number of piperazine rings is 1. The van der Waals surface area contributed by atoms with Crippen molar-refractivity contribution < 1.29 is 13.9 Å². The van der Waals surface area contributed by atoms with E-state index in [1.54, 1.807) is 12.1 Å². The number of carbonyl (C=O) groups is 1. The highest BCUT2D eigenvalue weighted by Crippen LogP contribution is 2.40. The van der Waals surface area contributed by atoms with Crippen LogP contribution in [0.4, 0.5) is 4.39 Å². The van der Waals surface area contributed by atoms with Crippen molar-refractivity contribution in [3.8, 4) is 0 Å². The molecular weight excluding hydrogens is 510 g/mol. The highest BCUT2D eigenvalue weighted by atomic mass is 127. The maximum Gasteiger partial charge on any atom is 0.251 e. The highest BCUT2D eigenvalue weighted by molar-refractivity contribution is 14.0. The predicted octanol–water partition coefficient (Wildman–Crippen LogP) is 3.15. The third kappa shape index (κ3) is 5.50. The summed E-state index contributed by atoms with van der Waals surface area (Å²) in [5, 5.41) is 3.59. The van der Waals surface area contributed by atoms with Gasteiger partial charge in [-0.2, -0.15) is 0 Å². The van der Waals surface area contributed by atoms with Gasteiger partial charge in [-0.15, -0.1) is 24.0 Å².